The molecule has 110 valence electrons. The summed E-state index contributed by atoms with van der Waals surface area (Å²) in [6.07, 6.45) is 2.46. The second kappa shape index (κ2) is 6.70. The van der Waals surface area contributed by atoms with E-state index in [0.717, 1.165) is 18.9 Å². The van der Waals surface area contributed by atoms with Crippen molar-refractivity contribution < 1.29 is 9.53 Å². The average molecular weight is 277 g/mol. The average Bonchev–Trinajstić information content (AvgIpc) is 2.47. The van der Waals surface area contributed by atoms with Crippen LogP contribution in [0.3, 0.4) is 0 Å². The van der Waals surface area contributed by atoms with E-state index in [4.69, 9.17) is 4.74 Å². The van der Waals surface area contributed by atoms with Crippen molar-refractivity contribution in [3.63, 3.8) is 0 Å². The smallest absolute Gasteiger partial charge is 0.339 e. The number of esters is 1. The molecule has 2 atom stereocenters. The number of aromatic nitrogens is 1. The van der Waals surface area contributed by atoms with Crippen LogP contribution >= 0.6 is 0 Å². The zero-order chi connectivity index (χ0) is 14.5. The molecule has 0 saturated carbocycles. The molecule has 0 bridgehead atoms. The lowest BCUT2D eigenvalue weighted by molar-refractivity contribution is 0.0599. The Balaban J connectivity index is 2.02. The third-order valence-electron chi connectivity index (χ3n) is 3.91. The van der Waals surface area contributed by atoms with Crippen molar-refractivity contribution in [2.24, 2.45) is 5.92 Å². The fourth-order valence-electron chi connectivity index (χ4n) is 2.62. The molecular weight excluding hydrogens is 254 g/mol. The van der Waals surface area contributed by atoms with Crippen molar-refractivity contribution in [2.45, 2.75) is 32.7 Å². The van der Waals surface area contributed by atoms with E-state index in [1.54, 1.807) is 6.07 Å². The van der Waals surface area contributed by atoms with Gasteiger partial charge in [0.1, 0.15) is 5.82 Å². The Bertz CT molecular complexity index is 470. The number of ether oxygens (including phenoxy) is 1. The number of aryl methyl sites for hydroxylation is 1. The first-order chi connectivity index (χ1) is 9.61. The molecule has 5 heteroatoms. The van der Waals surface area contributed by atoms with Crippen LogP contribution in [0, 0.1) is 12.8 Å². The number of carbonyl (C=O) groups excluding carboxylic acids is 1. The Morgan fingerprint density at radius 2 is 2.35 bits per heavy atom. The SMILES string of the molecule is COC(=O)c1ccc(NC(C)C2CCCNC2)nc1C. The minimum atomic E-state index is -0.342. The van der Waals surface area contributed by atoms with Crippen molar-refractivity contribution in [2.75, 3.05) is 25.5 Å². The normalized spacial score (nSPS) is 20.2. The van der Waals surface area contributed by atoms with Gasteiger partial charge in [0.05, 0.1) is 18.4 Å². The zero-order valence-corrected chi connectivity index (χ0v) is 12.4. The van der Waals surface area contributed by atoms with Gasteiger partial charge in [-0.05, 0) is 57.8 Å². The summed E-state index contributed by atoms with van der Waals surface area (Å²) in [4.78, 5) is 16.0. The van der Waals surface area contributed by atoms with Crippen molar-refractivity contribution in [3.05, 3.63) is 23.4 Å². The predicted octanol–water partition coefficient (Wildman–Crippen LogP) is 1.98. The van der Waals surface area contributed by atoms with Crippen LogP contribution in [-0.4, -0.2) is 37.2 Å². The Labute approximate surface area is 120 Å². The number of methoxy groups -OCH3 is 1. The molecule has 1 aromatic heterocycles. The highest BCUT2D eigenvalue weighted by molar-refractivity contribution is 5.90. The molecule has 5 nitrogen and oxygen atoms in total. The van der Waals surface area contributed by atoms with E-state index in [2.05, 4.69) is 22.5 Å². The summed E-state index contributed by atoms with van der Waals surface area (Å²) < 4.78 is 4.73. The van der Waals surface area contributed by atoms with Gasteiger partial charge < -0.3 is 15.4 Å². The first kappa shape index (κ1) is 14.8. The summed E-state index contributed by atoms with van der Waals surface area (Å²) in [5.41, 5.74) is 1.21. The molecule has 2 unspecified atom stereocenters. The minimum absolute atomic E-state index is 0.342. The maximum Gasteiger partial charge on any atom is 0.339 e. The first-order valence-corrected chi connectivity index (χ1v) is 7.15. The highest BCUT2D eigenvalue weighted by atomic mass is 16.5. The summed E-state index contributed by atoms with van der Waals surface area (Å²) in [5.74, 6) is 1.09. The number of hydrogen-bond acceptors (Lipinski definition) is 5. The van der Waals surface area contributed by atoms with Crippen molar-refractivity contribution in [3.8, 4) is 0 Å². The van der Waals surface area contributed by atoms with Crippen molar-refractivity contribution in [1.29, 1.82) is 0 Å². The summed E-state index contributed by atoms with van der Waals surface area (Å²) in [6.45, 7) is 6.18. The summed E-state index contributed by atoms with van der Waals surface area (Å²) >= 11 is 0. The number of piperidine rings is 1. The lowest BCUT2D eigenvalue weighted by atomic mass is 9.93. The van der Waals surface area contributed by atoms with E-state index in [1.807, 2.05) is 13.0 Å². The van der Waals surface area contributed by atoms with E-state index in [-0.39, 0.29) is 5.97 Å². The molecule has 1 aliphatic heterocycles. The molecule has 0 radical (unpaired) electrons. The number of nitrogens with one attached hydrogen (secondary N) is 2. The van der Waals surface area contributed by atoms with Crippen molar-refractivity contribution >= 4 is 11.8 Å². The number of carbonyl (C=O) groups is 1. The van der Waals surface area contributed by atoms with Gasteiger partial charge in [-0.1, -0.05) is 0 Å². The maximum absolute atomic E-state index is 11.5. The van der Waals surface area contributed by atoms with Crippen LogP contribution in [0.15, 0.2) is 12.1 Å². The number of anilines is 1. The molecule has 0 aliphatic carbocycles. The third-order valence-corrected chi connectivity index (χ3v) is 3.91. The van der Waals surface area contributed by atoms with Gasteiger partial charge in [-0.15, -0.1) is 0 Å². The van der Waals surface area contributed by atoms with Gasteiger partial charge in [-0.25, -0.2) is 9.78 Å². The standard InChI is InChI=1S/C15H23N3O2/c1-10(12-5-4-8-16-9-12)17-14-7-6-13(11(2)18-14)15(19)20-3/h6-7,10,12,16H,4-5,8-9H2,1-3H3,(H,17,18). The summed E-state index contributed by atoms with van der Waals surface area (Å²) in [6, 6.07) is 3.97. The van der Waals surface area contributed by atoms with Gasteiger partial charge >= 0.3 is 5.97 Å². The molecule has 1 fully saturated rings. The third kappa shape index (κ3) is 3.48. The first-order valence-electron chi connectivity index (χ1n) is 7.15. The van der Waals surface area contributed by atoms with Crippen LogP contribution in [0.4, 0.5) is 5.82 Å². The molecule has 2 N–H and O–H groups in total. The fourth-order valence-corrected chi connectivity index (χ4v) is 2.62. The zero-order valence-electron chi connectivity index (χ0n) is 12.4. The number of hydrogen-bond donors (Lipinski definition) is 2. The number of rotatable bonds is 4. The molecular formula is C15H23N3O2. The largest absolute Gasteiger partial charge is 0.465 e. The number of pyridine rings is 1. The second-order valence-corrected chi connectivity index (χ2v) is 5.36. The van der Waals surface area contributed by atoms with Gasteiger partial charge in [0, 0.05) is 6.04 Å². The maximum atomic E-state index is 11.5. The Morgan fingerprint density at radius 3 is 2.95 bits per heavy atom. The van der Waals surface area contributed by atoms with Crippen LogP contribution in [0.1, 0.15) is 35.8 Å². The highest BCUT2D eigenvalue weighted by Crippen LogP contribution is 2.19. The van der Waals surface area contributed by atoms with Crippen LogP contribution in [0.5, 0.6) is 0 Å². The Kier molecular flexibility index (Phi) is 4.95. The van der Waals surface area contributed by atoms with Crippen LogP contribution in [0.2, 0.25) is 0 Å². The van der Waals surface area contributed by atoms with E-state index in [0.29, 0.717) is 23.2 Å². The molecule has 2 rings (SSSR count). The molecule has 1 aliphatic rings. The molecule has 1 aromatic rings. The van der Waals surface area contributed by atoms with Gasteiger partial charge in [0.2, 0.25) is 0 Å². The molecule has 0 aromatic carbocycles. The second-order valence-electron chi connectivity index (χ2n) is 5.36. The summed E-state index contributed by atoms with van der Waals surface area (Å²) in [5, 5.41) is 6.86. The minimum Gasteiger partial charge on any atom is -0.465 e. The Morgan fingerprint density at radius 1 is 1.55 bits per heavy atom. The van der Waals surface area contributed by atoms with Crippen LogP contribution < -0.4 is 10.6 Å². The molecule has 1 saturated heterocycles. The van der Waals surface area contributed by atoms with E-state index in [9.17, 15) is 4.79 Å². The highest BCUT2D eigenvalue weighted by Gasteiger charge is 2.20. The number of nitrogens with zero attached hydrogens (tertiary/aromatic N) is 1. The van der Waals surface area contributed by atoms with Gasteiger partial charge in [-0.3, -0.25) is 0 Å². The van der Waals surface area contributed by atoms with Gasteiger partial charge in [0.15, 0.2) is 0 Å². The molecule has 2 heterocycles. The summed E-state index contributed by atoms with van der Waals surface area (Å²) in [7, 11) is 1.38. The monoisotopic (exact) mass is 277 g/mol. The van der Waals surface area contributed by atoms with Gasteiger partial charge in [0.25, 0.3) is 0 Å². The van der Waals surface area contributed by atoms with E-state index in [1.165, 1.54) is 20.0 Å². The topological polar surface area (TPSA) is 63.2 Å². The molecule has 20 heavy (non-hydrogen) atoms. The fraction of sp³-hybridized carbons (Fsp3) is 0.600. The quantitative estimate of drug-likeness (QED) is 0.824. The van der Waals surface area contributed by atoms with Crippen LogP contribution in [0.25, 0.3) is 0 Å². The van der Waals surface area contributed by atoms with Gasteiger partial charge in [-0.2, -0.15) is 0 Å². The van der Waals surface area contributed by atoms with E-state index >= 15 is 0 Å². The molecule has 0 amide bonds. The lowest BCUT2D eigenvalue weighted by Crippen LogP contribution is -2.38. The predicted molar refractivity (Wildman–Crippen MR) is 79.0 cm³/mol. The van der Waals surface area contributed by atoms with E-state index < -0.39 is 0 Å². The lowest BCUT2D eigenvalue weighted by Gasteiger charge is -2.29. The Hall–Kier alpha value is -1.62. The van der Waals surface area contributed by atoms with Crippen LogP contribution in [-0.2, 0) is 4.74 Å². The van der Waals surface area contributed by atoms with Crippen molar-refractivity contribution in [1.82, 2.24) is 10.3 Å². The molecule has 0 spiro atoms.